The van der Waals surface area contributed by atoms with Crippen molar-refractivity contribution in [1.29, 1.82) is 0 Å². The summed E-state index contributed by atoms with van der Waals surface area (Å²) in [5, 5.41) is 0. The van der Waals surface area contributed by atoms with Crippen molar-refractivity contribution in [2.24, 2.45) is 0 Å². The maximum atomic E-state index is 10.7. The Balaban J connectivity index is 2.35. The van der Waals surface area contributed by atoms with Gasteiger partial charge in [0.2, 0.25) is 0 Å². The van der Waals surface area contributed by atoms with E-state index in [-0.39, 0.29) is 0 Å². The lowest BCUT2D eigenvalue weighted by molar-refractivity contribution is 0.615. The highest BCUT2D eigenvalue weighted by molar-refractivity contribution is 8.71. The van der Waals surface area contributed by atoms with E-state index in [1.54, 1.807) is 0 Å². The highest BCUT2D eigenvalue weighted by atomic mass is 33.1. The molecule has 11 heavy (non-hydrogen) atoms. The second kappa shape index (κ2) is 3.45. The summed E-state index contributed by atoms with van der Waals surface area (Å²) >= 11 is 0. The van der Waals surface area contributed by atoms with Crippen molar-refractivity contribution in [3.63, 3.8) is 0 Å². The minimum atomic E-state index is -2.86. The zero-order chi connectivity index (χ0) is 8.32. The maximum absolute atomic E-state index is 10.7. The Bertz CT molecular complexity index is 286. The summed E-state index contributed by atoms with van der Waals surface area (Å²) in [5.41, 5.74) is 1.18. The van der Waals surface area contributed by atoms with Gasteiger partial charge in [-0.1, -0.05) is 23.8 Å². The van der Waals surface area contributed by atoms with Gasteiger partial charge in [-0.05, 0) is 17.2 Å². The fourth-order valence-electron chi connectivity index (χ4n) is 0.781. The molecule has 0 heterocycles. The predicted molar refractivity (Wildman–Crippen MR) is 49.1 cm³/mol. The third-order valence-corrected chi connectivity index (χ3v) is 3.86. The van der Waals surface area contributed by atoms with Crippen LogP contribution in [0.1, 0.15) is 6.42 Å². The molecular weight excluding hydrogens is 180 g/mol. The van der Waals surface area contributed by atoms with Gasteiger partial charge in [0, 0.05) is 12.0 Å². The molecule has 0 fully saturated rings. The molecule has 0 amide bonds. The first-order valence-corrected chi connectivity index (χ1v) is 6.66. The molecule has 0 saturated carbocycles. The fraction of sp³-hybridized carbons (Fsp3) is 0.429. The highest BCUT2D eigenvalue weighted by Gasteiger charge is 2.05. The summed E-state index contributed by atoms with van der Waals surface area (Å²) < 4.78 is 21.4. The van der Waals surface area contributed by atoms with Crippen LogP contribution >= 0.6 is 10.8 Å². The van der Waals surface area contributed by atoms with E-state index in [0.29, 0.717) is 5.75 Å². The topological polar surface area (TPSA) is 34.1 Å². The Kier molecular flexibility index (Phi) is 2.78. The van der Waals surface area contributed by atoms with Gasteiger partial charge in [0.25, 0.3) is 0 Å². The minimum Gasteiger partial charge on any atom is -0.218 e. The molecule has 0 spiro atoms. The lowest BCUT2D eigenvalue weighted by Crippen LogP contribution is -1.92. The van der Waals surface area contributed by atoms with E-state index < -0.39 is 8.87 Å². The standard InChI is InChI=1S/C7H10O2S2/c1-11(8,9)10-6-7-4-2-3-5-7/h2-4H,5-6H2,1H3. The van der Waals surface area contributed by atoms with Gasteiger partial charge in [0.15, 0.2) is 8.87 Å². The molecule has 1 aliphatic rings. The molecular formula is C7H10O2S2. The smallest absolute Gasteiger partial charge is 0.199 e. The molecule has 2 nitrogen and oxygen atoms in total. The molecule has 0 radical (unpaired) electrons. The van der Waals surface area contributed by atoms with E-state index in [2.05, 4.69) is 0 Å². The maximum Gasteiger partial charge on any atom is 0.199 e. The van der Waals surface area contributed by atoms with Gasteiger partial charge in [-0.15, -0.1) is 0 Å². The van der Waals surface area contributed by atoms with Gasteiger partial charge in [0.05, 0.1) is 0 Å². The average Bonchev–Trinajstić information content (AvgIpc) is 2.32. The molecule has 0 aliphatic heterocycles. The fourth-order valence-corrected chi connectivity index (χ4v) is 2.46. The summed E-state index contributed by atoms with van der Waals surface area (Å²) in [5.74, 6) is 0.603. The first kappa shape index (κ1) is 8.87. The second-order valence-corrected chi connectivity index (χ2v) is 6.88. The summed E-state index contributed by atoms with van der Waals surface area (Å²) in [6.45, 7) is 0. The molecule has 0 atom stereocenters. The Labute approximate surface area is 70.7 Å². The summed E-state index contributed by atoms with van der Waals surface area (Å²) in [6.07, 6.45) is 8.09. The van der Waals surface area contributed by atoms with Gasteiger partial charge in [-0.2, -0.15) is 0 Å². The Morgan fingerprint density at radius 3 is 2.82 bits per heavy atom. The Hall–Kier alpha value is -0.220. The van der Waals surface area contributed by atoms with Crippen LogP contribution in [0.15, 0.2) is 23.8 Å². The summed E-state index contributed by atoms with van der Waals surface area (Å²) in [4.78, 5) is 0. The predicted octanol–water partition coefficient (Wildman–Crippen LogP) is 1.57. The molecule has 1 rings (SSSR count). The second-order valence-electron chi connectivity index (χ2n) is 2.42. The van der Waals surface area contributed by atoms with E-state index in [4.69, 9.17) is 0 Å². The number of hydrogen-bond acceptors (Lipinski definition) is 3. The van der Waals surface area contributed by atoms with Crippen LogP contribution in [0.25, 0.3) is 0 Å². The third-order valence-electron chi connectivity index (χ3n) is 1.31. The van der Waals surface area contributed by atoms with Crippen molar-refractivity contribution in [3.8, 4) is 0 Å². The van der Waals surface area contributed by atoms with Gasteiger partial charge < -0.3 is 0 Å². The van der Waals surface area contributed by atoms with E-state index in [0.717, 1.165) is 17.2 Å². The lowest BCUT2D eigenvalue weighted by atomic mass is 10.3. The number of allylic oxidation sites excluding steroid dienone is 3. The summed E-state index contributed by atoms with van der Waals surface area (Å²) in [6, 6.07) is 0. The monoisotopic (exact) mass is 190 g/mol. The van der Waals surface area contributed by atoms with Crippen molar-refractivity contribution < 1.29 is 8.42 Å². The molecule has 4 heteroatoms. The minimum absolute atomic E-state index is 0.603. The number of hydrogen-bond donors (Lipinski definition) is 0. The van der Waals surface area contributed by atoms with Crippen molar-refractivity contribution in [2.75, 3.05) is 12.0 Å². The molecule has 0 bridgehead atoms. The van der Waals surface area contributed by atoms with Crippen LogP contribution in [-0.4, -0.2) is 20.4 Å². The SMILES string of the molecule is CS(=O)(=O)SCC1=CC=CC1. The molecule has 0 aromatic rings. The Morgan fingerprint density at radius 1 is 1.64 bits per heavy atom. The van der Waals surface area contributed by atoms with Crippen LogP contribution in [0.2, 0.25) is 0 Å². The van der Waals surface area contributed by atoms with Crippen LogP contribution in [0.3, 0.4) is 0 Å². The van der Waals surface area contributed by atoms with E-state index in [9.17, 15) is 8.42 Å². The van der Waals surface area contributed by atoms with Gasteiger partial charge in [-0.25, -0.2) is 8.42 Å². The summed E-state index contributed by atoms with van der Waals surface area (Å²) in [7, 11) is -1.87. The zero-order valence-corrected chi connectivity index (χ0v) is 7.91. The number of rotatable bonds is 3. The van der Waals surface area contributed by atoms with Crippen LogP contribution in [0.4, 0.5) is 0 Å². The van der Waals surface area contributed by atoms with Crippen molar-refractivity contribution >= 4 is 19.7 Å². The first-order valence-electron chi connectivity index (χ1n) is 3.27. The molecule has 0 aromatic heterocycles. The third kappa shape index (κ3) is 3.62. The average molecular weight is 190 g/mol. The molecule has 0 aromatic carbocycles. The van der Waals surface area contributed by atoms with E-state index >= 15 is 0 Å². The van der Waals surface area contributed by atoms with Crippen molar-refractivity contribution in [3.05, 3.63) is 23.8 Å². The highest BCUT2D eigenvalue weighted by Crippen LogP contribution is 2.19. The zero-order valence-electron chi connectivity index (χ0n) is 6.28. The lowest BCUT2D eigenvalue weighted by Gasteiger charge is -1.97. The first-order chi connectivity index (χ1) is 5.08. The van der Waals surface area contributed by atoms with Crippen LogP contribution in [0, 0.1) is 0 Å². The molecule has 0 saturated heterocycles. The van der Waals surface area contributed by atoms with Crippen LogP contribution < -0.4 is 0 Å². The largest absolute Gasteiger partial charge is 0.218 e. The van der Waals surface area contributed by atoms with Crippen LogP contribution in [-0.2, 0) is 8.87 Å². The van der Waals surface area contributed by atoms with Crippen molar-refractivity contribution in [2.45, 2.75) is 6.42 Å². The molecule has 1 aliphatic carbocycles. The molecule has 62 valence electrons. The normalized spacial score (nSPS) is 17.0. The van der Waals surface area contributed by atoms with Gasteiger partial charge in [0.1, 0.15) is 0 Å². The Morgan fingerprint density at radius 2 is 2.36 bits per heavy atom. The quantitative estimate of drug-likeness (QED) is 0.633. The molecule has 0 unspecified atom stereocenters. The van der Waals surface area contributed by atoms with E-state index in [1.807, 2.05) is 18.2 Å². The van der Waals surface area contributed by atoms with Gasteiger partial charge >= 0.3 is 0 Å². The van der Waals surface area contributed by atoms with Crippen LogP contribution in [0.5, 0.6) is 0 Å². The molecule has 0 N–H and O–H groups in total. The van der Waals surface area contributed by atoms with Crippen molar-refractivity contribution in [1.82, 2.24) is 0 Å². The van der Waals surface area contributed by atoms with Gasteiger partial charge in [-0.3, -0.25) is 0 Å². The van der Waals surface area contributed by atoms with E-state index in [1.165, 1.54) is 11.8 Å².